The van der Waals surface area contributed by atoms with E-state index in [4.69, 9.17) is 14.5 Å². The van der Waals surface area contributed by atoms with Gasteiger partial charge in [0.15, 0.2) is 0 Å². The van der Waals surface area contributed by atoms with E-state index in [0.717, 1.165) is 11.3 Å². The second-order valence-corrected chi connectivity index (χ2v) is 7.54. The van der Waals surface area contributed by atoms with Gasteiger partial charge >= 0.3 is 0 Å². The standard InChI is InChI=1S/C25H22N4O3/c1-16-26-20-8-4-3-7-19(20)25(30)29(16)28-24-15-23(17-11-13-18(31-2)14-12-17)32-22-10-6-5-9-21(22)27-24/h3-14,23H,15H2,1-2H3,(H,27,28). The minimum absolute atomic E-state index is 0.171. The van der Waals surface area contributed by atoms with E-state index in [0.29, 0.717) is 40.4 Å². The van der Waals surface area contributed by atoms with Crippen molar-refractivity contribution in [1.29, 1.82) is 0 Å². The molecule has 0 saturated carbocycles. The van der Waals surface area contributed by atoms with Gasteiger partial charge in [-0.3, -0.25) is 10.2 Å². The zero-order valence-corrected chi connectivity index (χ0v) is 17.8. The first-order valence-electron chi connectivity index (χ1n) is 10.3. The Labute approximate surface area is 184 Å². The molecule has 2 heterocycles. The highest BCUT2D eigenvalue weighted by molar-refractivity contribution is 5.93. The van der Waals surface area contributed by atoms with Crippen LogP contribution < -0.4 is 20.5 Å². The summed E-state index contributed by atoms with van der Waals surface area (Å²) in [6, 6.07) is 22.7. The second kappa shape index (κ2) is 8.19. The number of nitrogens with one attached hydrogen (secondary N) is 1. The van der Waals surface area contributed by atoms with Gasteiger partial charge in [0, 0.05) is 6.42 Å². The van der Waals surface area contributed by atoms with Crippen LogP contribution in [0.2, 0.25) is 0 Å². The van der Waals surface area contributed by atoms with Crippen LogP contribution in [0.5, 0.6) is 11.5 Å². The summed E-state index contributed by atoms with van der Waals surface area (Å²) in [4.78, 5) is 22.5. The average Bonchev–Trinajstić information content (AvgIpc) is 3.01. The first-order valence-corrected chi connectivity index (χ1v) is 10.3. The van der Waals surface area contributed by atoms with E-state index in [2.05, 4.69) is 10.4 Å². The molecular formula is C25H22N4O3. The maximum Gasteiger partial charge on any atom is 0.280 e. The zero-order chi connectivity index (χ0) is 22.1. The SMILES string of the molecule is COc1ccc(C2CC(Nn3c(C)nc4ccccc4c3=O)=Nc3ccccc3O2)cc1. The maximum atomic E-state index is 13.1. The smallest absolute Gasteiger partial charge is 0.280 e. The Balaban J connectivity index is 1.56. The molecule has 1 aliphatic rings. The van der Waals surface area contributed by atoms with Gasteiger partial charge in [-0.1, -0.05) is 36.4 Å². The first-order chi connectivity index (χ1) is 15.6. The fourth-order valence-corrected chi connectivity index (χ4v) is 3.79. The number of aliphatic imine (C=N–C) groups is 1. The summed E-state index contributed by atoms with van der Waals surface area (Å²) >= 11 is 0. The molecule has 32 heavy (non-hydrogen) atoms. The van der Waals surface area contributed by atoms with Crippen LogP contribution in [0, 0.1) is 6.92 Å². The minimum Gasteiger partial charge on any atom is -0.497 e. The zero-order valence-electron chi connectivity index (χ0n) is 17.8. The Morgan fingerprint density at radius 1 is 1.03 bits per heavy atom. The average molecular weight is 426 g/mol. The van der Waals surface area contributed by atoms with Gasteiger partial charge in [-0.2, -0.15) is 0 Å². The Hall–Kier alpha value is -4.13. The lowest BCUT2D eigenvalue weighted by molar-refractivity contribution is 0.217. The number of ether oxygens (including phenoxy) is 2. The van der Waals surface area contributed by atoms with Gasteiger partial charge in [-0.05, 0) is 48.9 Å². The Morgan fingerprint density at radius 3 is 2.59 bits per heavy atom. The van der Waals surface area contributed by atoms with Crippen LogP contribution >= 0.6 is 0 Å². The number of methoxy groups -OCH3 is 1. The van der Waals surface area contributed by atoms with Crippen molar-refractivity contribution in [2.24, 2.45) is 4.99 Å². The van der Waals surface area contributed by atoms with E-state index in [-0.39, 0.29) is 11.7 Å². The summed E-state index contributed by atoms with van der Waals surface area (Å²) in [5.74, 6) is 2.62. The molecule has 1 N–H and O–H groups in total. The molecule has 0 spiro atoms. The van der Waals surface area contributed by atoms with E-state index in [1.807, 2.05) is 66.7 Å². The molecule has 0 aliphatic carbocycles. The van der Waals surface area contributed by atoms with Crippen LogP contribution in [-0.4, -0.2) is 22.6 Å². The summed E-state index contributed by atoms with van der Waals surface area (Å²) in [5, 5.41) is 0.545. The van der Waals surface area contributed by atoms with Gasteiger partial charge in [0.25, 0.3) is 5.56 Å². The van der Waals surface area contributed by atoms with E-state index >= 15 is 0 Å². The molecule has 1 aliphatic heterocycles. The Bertz CT molecular complexity index is 1380. The number of para-hydroxylation sites is 3. The normalized spacial score (nSPS) is 15.3. The number of aromatic nitrogens is 2. The number of hydrogen-bond donors (Lipinski definition) is 1. The molecule has 1 aromatic heterocycles. The van der Waals surface area contributed by atoms with Crippen LogP contribution in [0.15, 0.2) is 82.6 Å². The number of amidine groups is 1. The van der Waals surface area contributed by atoms with Gasteiger partial charge in [0.2, 0.25) is 0 Å². The summed E-state index contributed by atoms with van der Waals surface area (Å²) in [6.45, 7) is 1.80. The molecule has 7 heteroatoms. The largest absolute Gasteiger partial charge is 0.497 e. The molecule has 0 fully saturated rings. The van der Waals surface area contributed by atoms with Gasteiger partial charge < -0.3 is 9.47 Å². The quantitative estimate of drug-likeness (QED) is 0.522. The van der Waals surface area contributed by atoms with Gasteiger partial charge in [-0.15, -0.1) is 0 Å². The van der Waals surface area contributed by atoms with Crippen LogP contribution in [-0.2, 0) is 0 Å². The number of rotatable bonds is 3. The molecule has 0 bridgehead atoms. The van der Waals surface area contributed by atoms with E-state index < -0.39 is 0 Å². The third-order valence-electron chi connectivity index (χ3n) is 5.44. The van der Waals surface area contributed by atoms with Gasteiger partial charge in [-0.25, -0.2) is 14.7 Å². The third kappa shape index (κ3) is 3.69. The molecule has 1 atom stereocenters. The Kier molecular flexibility index (Phi) is 5.07. The maximum absolute atomic E-state index is 13.1. The van der Waals surface area contributed by atoms with Crippen LogP contribution in [0.1, 0.15) is 23.9 Å². The summed E-state index contributed by atoms with van der Waals surface area (Å²) in [6.07, 6.45) is 0.153. The van der Waals surface area contributed by atoms with Crippen molar-refractivity contribution in [3.05, 3.63) is 94.5 Å². The molecule has 5 rings (SSSR count). The summed E-state index contributed by atoms with van der Waals surface area (Å²) in [5.41, 5.74) is 5.38. The van der Waals surface area contributed by atoms with Crippen molar-refractivity contribution in [1.82, 2.24) is 9.66 Å². The summed E-state index contributed by atoms with van der Waals surface area (Å²) < 4.78 is 13.0. The van der Waals surface area contributed by atoms with Crippen molar-refractivity contribution in [2.75, 3.05) is 12.5 Å². The Morgan fingerprint density at radius 2 is 1.78 bits per heavy atom. The highest BCUT2D eigenvalue weighted by Crippen LogP contribution is 2.36. The van der Waals surface area contributed by atoms with Gasteiger partial charge in [0.05, 0.1) is 18.0 Å². The highest BCUT2D eigenvalue weighted by atomic mass is 16.5. The lowest BCUT2D eigenvalue weighted by Gasteiger charge is -2.20. The number of aryl methyl sites for hydroxylation is 1. The van der Waals surface area contributed by atoms with Gasteiger partial charge in [0.1, 0.15) is 35.0 Å². The topological polar surface area (TPSA) is 77.7 Å². The number of nitrogens with zero attached hydrogens (tertiary/aromatic N) is 3. The number of benzene rings is 3. The van der Waals surface area contributed by atoms with E-state index in [1.165, 1.54) is 4.68 Å². The van der Waals surface area contributed by atoms with Crippen molar-refractivity contribution in [2.45, 2.75) is 19.4 Å². The van der Waals surface area contributed by atoms with Crippen LogP contribution in [0.3, 0.4) is 0 Å². The van der Waals surface area contributed by atoms with Crippen LogP contribution in [0.4, 0.5) is 5.69 Å². The summed E-state index contributed by atoms with van der Waals surface area (Å²) in [7, 11) is 1.64. The predicted octanol–water partition coefficient (Wildman–Crippen LogP) is 4.51. The fraction of sp³-hybridized carbons (Fsp3) is 0.160. The minimum atomic E-state index is -0.291. The molecule has 0 amide bonds. The molecular weight excluding hydrogens is 404 g/mol. The van der Waals surface area contributed by atoms with Crippen molar-refractivity contribution in [3.8, 4) is 11.5 Å². The lowest BCUT2D eigenvalue weighted by atomic mass is 10.1. The molecule has 7 nitrogen and oxygen atoms in total. The molecule has 0 saturated heterocycles. The van der Waals surface area contributed by atoms with Crippen molar-refractivity contribution < 1.29 is 9.47 Å². The molecule has 160 valence electrons. The molecule has 1 unspecified atom stereocenters. The second-order valence-electron chi connectivity index (χ2n) is 7.54. The number of fused-ring (bicyclic) bond motifs is 2. The van der Waals surface area contributed by atoms with Crippen LogP contribution in [0.25, 0.3) is 10.9 Å². The number of hydrogen-bond acceptors (Lipinski definition) is 6. The molecule has 3 aromatic carbocycles. The lowest BCUT2D eigenvalue weighted by Crippen LogP contribution is -2.36. The van der Waals surface area contributed by atoms with Crippen molar-refractivity contribution in [3.63, 3.8) is 0 Å². The molecule has 0 radical (unpaired) electrons. The monoisotopic (exact) mass is 426 g/mol. The molecule has 4 aromatic rings. The first kappa shape index (κ1) is 19.8. The third-order valence-corrected chi connectivity index (χ3v) is 5.44. The predicted molar refractivity (Wildman–Crippen MR) is 125 cm³/mol. The fourth-order valence-electron chi connectivity index (χ4n) is 3.79. The van der Waals surface area contributed by atoms with E-state index in [1.54, 1.807) is 20.1 Å². The highest BCUT2D eigenvalue weighted by Gasteiger charge is 2.23. The van der Waals surface area contributed by atoms with E-state index in [9.17, 15) is 4.79 Å². The van der Waals surface area contributed by atoms with Crippen molar-refractivity contribution >= 4 is 22.4 Å².